The van der Waals surface area contributed by atoms with Gasteiger partial charge in [-0.1, -0.05) is 24.3 Å². The summed E-state index contributed by atoms with van der Waals surface area (Å²) < 4.78 is 23.2. The number of aromatic nitrogens is 2. The zero-order chi connectivity index (χ0) is 29.4. The molecule has 5 rings (SSSR count). The van der Waals surface area contributed by atoms with Crippen LogP contribution in [0.3, 0.4) is 0 Å². The minimum absolute atomic E-state index is 0.113. The van der Waals surface area contributed by atoms with Crippen LogP contribution in [0, 0.1) is 11.8 Å². The molecule has 2 aromatic rings. The van der Waals surface area contributed by atoms with E-state index in [1.165, 1.54) is 0 Å². The van der Waals surface area contributed by atoms with Gasteiger partial charge in [-0.05, 0) is 63.9 Å². The monoisotopic (exact) mass is 568 g/mol. The Morgan fingerprint density at radius 3 is 2.44 bits per heavy atom. The zero-order valence-electron chi connectivity index (χ0n) is 24.5. The molecule has 3 atom stereocenters. The Balaban J connectivity index is 1.35. The number of H-pyrrole nitrogens is 1. The van der Waals surface area contributed by atoms with Gasteiger partial charge in [-0.25, -0.2) is 9.78 Å². The van der Waals surface area contributed by atoms with Crippen molar-refractivity contribution in [2.45, 2.75) is 70.2 Å². The maximum Gasteiger partial charge on any atom is 0.494 e. The van der Waals surface area contributed by atoms with Gasteiger partial charge in [-0.15, -0.1) is 0 Å². The van der Waals surface area contributed by atoms with Crippen LogP contribution in [-0.2, 0) is 23.6 Å². The summed E-state index contributed by atoms with van der Waals surface area (Å²) in [4.78, 5) is 35.4. The Morgan fingerprint density at radius 1 is 1.17 bits per heavy atom. The Kier molecular flexibility index (Phi) is 8.47. The molecule has 1 aromatic carbocycles. The summed E-state index contributed by atoms with van der Waals surface area (Å²) in [5.74, 6) is 0.432. The molecule has 4 heterocycles. The molecule has 11 nitrogen and oxygen atoms in total. The predicted molar refractivity (Wildman–Crippen MR) is 153 cm³/mol. The highest BCUT2D eigenvalue weighted by molar-refractivity contribution is 6.62. The smallest absolute Gasteiger partial charge is 0.465 e. The number of hydrogen-bond donors (Lipinski definition) is 3. The number of ether oxygens (including phenoxy) is 2. The SMILES string of the molecule is COC[C@H]1C[C@@H](c2ncc(-c3ccc(B4OC(C)(C)C(C)(C)O4)cc3)[nH]2)N(C(=O)[C@@H](NC(=O)O)C2CCOCC2)C1. The molecular weight excluding hydrogens is 527 g/mol. The van der Waals surface area contributed by atoms with Gasteiger partial charge in [-0.2, -0.15) is 0 Å². The maximum atomic E-state index is 13.9. The molecule has 0 bridgehead atoms. The maximum absolute atomic E-state index is 13.9. The number of carbonyl (C=O) groups is 2. The van der Waals surface area contributed by atoms with E-state index in [1.807, 2.05) is 52.0 Å². The van der Waals surface area contributed by atoms with Gasteiger partial charge in [0, 0.05) is 32.8 Å². The highest BCUT2D eigenvalue weighted by Crippen LogP contribution is 2.38. The highest BCUT2D eigenvalue weighted by atomic mass is 16.7. The fourth-order valence-corrected chi connectivity index (χ4v) is 5.98. The van der Waals surface area contributed by atoms with Gasteiger partial charge in [0.2, 0.25) is 5.91 Å². The number of aromatic amines is 1. The van der Waals surface area contributed by atoms with E-state index in [-0.39, 0.29) is 23.8 Å². The van der Waals surface area contributed by atoms with Gasteiger partial charge in [0.25, 0.3) is 0 Å². The number of imidazole rings is 1. The molecule has 3 fully saturated rings. The lowest BCUT2D eigenvalue weighted by molar-refractivity contribution is -0.137. The lowest BCUT2D eigenvalue weighted by Crippen LogP contribution is -2.53. The molecule has 3 aliphatic heterocycles. The number of rotatable bonds is 8. The molecule has 12 heteroatoms. The number of amides is 2. The van der Waals surface area contributed by atoms with Crippen molar-refractivity contribution in [2.75, 3.05) is 33.5 Å². The molecule has 3 saturated heterocycles. The van der Waals surface area contributed by atoms with Gasteiger partial charge in [0.1, 0.15) is 11.9 Å². The number of nitrogens with one attached hydrogen (secondary N) is 2. The van der Waals surface area contributed by atoms with Gasteiger partial charge >= 0.3 is 13.2 Å². The summed E-state index contributed by atoms with van der Waals surface area (Å²) in [6.45, 7) is 10.1. The van der Waals surface area contributed by atoms with Crippen molar-refractivity contribution in [3.63, 3.8) is 0 Å². The average Bonchev–Trinajstić information content (AvgIpc) is 3.64. The molecule has 3 N–H and O–H groups in total. The van der Waals surface area contributed by atoms with Crippen molar-refractivity contribution in [1.29, 1.82) is 0 Å². The Morgan fingerprint density at radius 2 is 1.83 bits per heavy atom. The molecule has 0 saturated carbocycles. The van der Waals surface area contributed by atoms with Crippen molar-refractivity contribution < 1.29 is 33.5 Å². The first-order valence-corrected chi connectivity index (χ1v) is 14.4. The Labute approximate surface area is 241 Å². The van der Waals surface area contributed by atoms with E-state index in [0.717, 1.165) is 16.7 Å². The van der Waals surface area contributed by atoms with E-state index in [9.17, 15) is 14.7 Å². The average molecular weight is 568 g/mol. The van der Waals surface area contributed by atoms with Crippen LogP contribution in [0.25, 0.3) is 11.3 Å². The first-order chi connectivity index (χ1) is 19.5. The second-order valence-corrected chi connectivity index (χ2v) is 12.3. The fraction of sp³-hybridized carbons (Fsp3) is 0.621. The molecule has 222 valence electrons. The van der Waals surface area contributed by atoms with Crippen molar-refractivity contribution in [2.24, 2.45) is 11.8 Å². The molecule has 0 aliphatic carbocycles. The molecule has 41 heavy (non-hydrogen) atoms. The van der Waals surface area contributed by atoms with Gasteiger partial charge in [-0.3, -0.25) is 4.79 Å². The molecule has 0 radical (unpaired) electrons. The second-order valence-electron chi connectivity index (χ2n) is 12.3. The van der Waals surface area contributed by atoms with E-state index >= 15 is 0 Å². The first kappa shape index (κ1) is 29.6. The minimum atomic E-state index is -1.21. The predicted octanol–water partition coefficient (Wildman–Crippen LogP) is 2.97. The van der Waals surface area contributed by atoms with Crippen LogP contribution in [-0.4, -0.2) is 89.8 Å². The minimum Gasteiger partial charge on any atom is -0.465 e. The summed E-state index contributed by atoms with van der Waals surface area (Å²) >= 11 is 0. The quantitative estimate of drug-likeness (QED) is 0.414. The van der Waals surface area contributed by atoms with Crippen molar-refractivity contribution in [1.82, 2.24) is 20.2 Å². The normalized spacial score (nSPS) is 24.9. The lowest BCUT2D eigenvalue weighted by Gasteiger charge is -2.34. The topological polar surface area (TPSA) is 135 Å². The summed E-state index contributed by atoms with van der Waals surface area (Å²) in [7, 11) is 1.21. The molecule has 3 aliphatic rings. The van der Waals surface area contributed by atoms with Gasteiger partial charge in [0.15, 0.2) is 0 Å². The van der Waals surface area contributed by atoms with E-state index < -0.39 is 30.5 Å². The summed E-state index contributed by atoms with van der Waals surface area (Å²) in [6, 6.07) is 6.83. The van der Waals surface area contributed by atoms with Crippen LogP contribution in [0.4, 0.5) is 4.79 Å². The van der Waals surface area contributed by atoms with Crippen LogP contribution in [0.15, 0.2) is 30.5 Å². The number of hydrogen-bond acceptors (Lipinski definition) is 7. The van der Waals surface area contributed by atoms with E-state index in [0.29, 0.717) is 51.5 Å². The molecular formula is C29H41BN4O7. The van der Waals surface area contributed by atoms with Crippen molar-refractivity contribution in [3.05, 3.63) is 36.3 Å². The second kappa shape index (κ2) is 11.8. The van der Waals surface area contributed by atoms with Crippen LogP contribution in [0.5, 0.6) is 0 Å². The van der Waals surface area contributed by atoms with E-state index in [1.54, 1.807) is 18.2 Å². The van der Waals surface area contributed by atoms with Gasteiger partial charge in [0.05, 0.1) is 35.7 Å². The third-order valence-corrected chi connectivity index (χ3v) is 9.01. The number of benzene rings is 1. The number of carboxylic acid groups (broad SMARTS) is 1. The summed E-state index contributed by atoms with van der Waals surface area (Å²) in [5, 5.41) is 12.0. The Bertz CT molecular complexity index is 1210. The fourth-order valence-electron chi connectivity index (χ4n) is 5.98. The standard InChI is InChI=1S/C29H41BN4O7/c1-28(2)29(3,4)41-30(40-28)21-8-6-19(7-9-21)22-15-31-25(32-22)23-14-18(17-38-5)16-34(23)26(35)24(33-27(36)37)20-10-12-39-13-11-20/h6-9,15,18,20,23-24,33H,10-14,16-17H2,1-5H3,(H,31,32)(H,36,37)/t18-,23-,24-/m0/s1. The zero-order valence-corrected chi connectivity index (χ0v) is 24.5. The van der Waals surface area contributed by atoms with Crippen molar-refractivity contribution in [3.8, 4) is 11.3 Å². The summed E-state index contributed by atoms with van der Waals surface area (Å²) in [5.41, 5.74) is 1.88. The van der Waals surface area contributed by atoms with Crippen LogP contribution in [0.1, 0.15) is 58.8 Å². The first-order valence-electron chi connectivity index (χ1n) is 14.4. The summed E-state index contributed by atoms with van der Waals surface area (Å²) in [6.07, 6.45) is 2.49. The van der Waals surface area contributed by atoms with E-state index in [4.69, 9.17) is 18.8 Å². The molecule has 1 aromatic heterocycles. The van der Waals surface area contributed by atoms with Crippen LogP contribution >= 0.6 is 0 Å². The largest absolute Gasteiger partial charge is 0.494 e. The molecule has 2 amide bonds. The van der Waals surface area contributed by atoms with Crippen LogP contribution in [0.2, 0.25) is 0 Å². The third kappa shape index (κ3) is 6.16. The molecule has 0 spiro atoms. The van der Waals surface area contributed by atoms with Crippen LogP contribution < -0.4 is 10.8 Å². The van der Waals surface area contributed by atoms with Crippen molar-refractivity contribution >= 4 is 24.6 Å². The third-order valence-electron chi connectivity index (χ3n) is 9.01. The number of likely N-dealkylation sites (tertiary alicyclic amines) is 1. The van der Waals surface area contributed by atoms with Gasteiger partial charge < -0.3 is 39.1 Å². The number of nitrogens with zero attached hydrogens (tertiary/aromatic N) is 2. The lowest BCUT2D eigenvalue weighted by atomic mass is 9.79. The number of methoxy groups -OCH3 is 1. The number of carbonyl (C=O) groups excluding carboxylic acids is 1. The Hall–Kier alpha value is -2.93. The van der Waals surface area contributed by atoms with E-state index in [2.05, 4.69) is 15.3 Å². The highest BCUT2D eigenvalue weighted by Gasteiger charge is 2.51. The molecule has 0 unspecified atom stereocenters.